The number of nitrogens with zero attached hydrogens (tertiary/aromatic N) is 3. The summed E-state index contributed by atoms with van der Waals surface area (Å²) in [6.45, 7) is 8.09. The Kier molecular flexibility index (Phi) is 14.7. The molecule has 3 aromatic rings. The third kappa shape index (κ3) is 10.9. The van der Waals surface area contributed by atoms with Crippen molar-refractivity contribution in [3.8, 4) is 33.5 Å². The minimum absolute atomic E-state index is 0.0138. The number of hydrogen-bond donors (Lipinski definition) is 3. The van der Waals surface area contributed by atoms with Gasteiger partial charge in [0.15, 0.2) is 0 Å². The number of benzene rings is 1. The third-order valence-electron chi connectivity index (χ3n) is 14.2. The van der Waals surface area contributed by atoms with E-state index in [0.717, 1.165) is 5.56 Å². The van der Waals surface area contributed by atoms with Crippen LogP contribution < -0.4 is 24.8 Å². The first-order valence-corrected chi connectivity index (χ1v) is 26.4. The number of aromatic nitrogens is 2. The lowest BCUT2D eigenvalue weighted by atomic mass is 9.85. The smallest absolute Gasteiger partial charge is 0.430 e. The molecule has 2 saturated carbocycles. The van der Waals surface area contributed by atoms with Gasteiger partial charge in [0, 0.05) is 54.6 Å². The topological polar surface area (TPSA) is 204 Å². The van der Waals surface area contributed by atoms with Gasteiger partial charge in [-0.1, -0.05) is 32.4 Å². The Hall–Kier alpha value is -5.28. The van der Waals surface area contributed by atoms with Crippen molar-refractivity contribution in [2.24, 2.45) is 17.8 Å². The molecule has 5 aliphatic rings. The average Bonchev–Trinajstić information content (AvgIpc) is 4.06. The van der Waals surface area contributed by atoms with Crippen LogP contribution in [0.15, 0.2) is 60.1 Å². The molecule has 8 rings (SSSR count). The van der Waals surface area contributed by atoms with E-state index in [4.69, 9.17) is 23.9 Å². The summed E-state index contributed by atoms with van der Waals surface area (Å²) < 4.78 is 94.6. The van der Waals surface area contributed by atoms with Crippen LogP contribution in [0.25, 0.3) is 22.0 Å². The molecule has 21 heteroatoms. The number of alkyl carbamates (subject to hydrolysis) is 1. The highest BCUT2D eigenvalue weighted by atomic mass is 32.2. The number of rotatable bonds is 12. The fourth-order valence-electron chi connectivity index (χ4n) is 9.63. The number of pyridine rings is 1. The third-order valence-corrected chi connectivity index (χ3v) is 17.1. The van der Waals surface area contributed by atoms with E-state index in [1.807, 2.05) is 58.0 Å². The number of ether oxygens (including phenoxy) is 4. The van der Waals surface area contributed by atoms with Crippen LogP contribution in [0.5, 0.6) is 11.5 Å². The van der Waals surface area contributed by atoms with Crippen molar-refractivity contribution in [3.63, 3.8) is 0 Å². The highest BCUT2D eigenvalue weighted by molar-refractivity contribution is 7.91. The van der Waals surface area contributed by atoms with Gasteiger partial charge in [-0.3, -0.25) is 19.1 Å². The fourth-order valence-corrected chi connectivity index (χ4v) is 11.5. The number of carbonyl (C=O) groups is 4. The summed E-state index contributed by atoms with van der Waals surface area (Å²) in [5.41, 5.74) is -2.87. The molecule has 4 amide bonds. The van der Waals surface area contributed by atoms with E-state index >= 15 is 4.79 Å². The number of carbonyl (C=O) groups excluding carboxylic acids is 4. The summed E-state index contributed by atoms with van der Waals surface area (Å²) in [5.74, 6) is -2.71. The van der Waals surface area contributed by atoms with Crippen molar-refractivity contribution in [2.45, 2.75) is 145 Å². The first-order valence-electron chi connectivity index (χ1n) is 24.0. The van der Waals surface area contributed by atoms with Crippen molar-refractivity contribution in [2.75, 3.05) is 19.8 Å². The Bertz CT molecular complexity index is 2550. The van der Waals surface area contributed by atoms with Crippen LogP contribution in [0.4, 0.5) is 18.0 Å². The summed E-state index contributed by atoms with van der Waals surface area (Å²) in [4.78, 5) is 68.8. The van der Waals surface area contributed by atoms with E-state index < -0.39 is 99.0 Å². The fraction of sp³-hybridized carbons (Fsp3) is 0.592. The van der Waals surface area contributed by atoms with Gasteiger partial charge in [-0.05, 0) is 102 Å². The van der Waals surface area contributed by atoms with Crippen LogP contribution in [0.2, 0.25) is 0 Å². The van der Waals surface area contributed by atoms with E-state index in [0.29, 0.717) is 66.4 Å². The molecular formula is C49H61F3N6O10S2. The summed E-state index contributed by atoms with van der Waals surface area (Å²) in [5, 5.41) is 7.78. The molecule has 0 spiro atoms. The SMILES string of the molecule is CC[C@@H]1C[C@@H](C)CC/C=C\[C@@H]2C[C@@]2(C(=O)NS(=O)(=O)C2(C)CC2)NC(=O)[C@@H]2C[C@@H](Oc3cc(-c4ccc(OC(C)C)cc4)nc(-c4nccs4)c3)CN2C(=O)[C@H]1NC(=O)OC1(C(F)(F)F)CCCOC1. The normalized spacial score (nSPS) is 29.6. The molecule has 0 bridgehead atoms. The average molecular weight is 1020 g/mol. The molecule has 3 N–H and O–H groups in total. The summed E-state index contributed by atoms with van der Waals surface area (Å²) in [6.07, 6.45) is -0.0908. The molecule has 70 heavy (non-hydrogen) atoms. The molecule has 16 nitrogen and oxygen atoms in total. The maximum atomic E-state index is 15.3. The molecule has 5 heterocycles. The number of alkyl halides is 3. The summed E-state index contributed by atoms with van der Waals surface area (Å²) in [6, 6.07) is 7.95. The number of halogens is 3. The number of thiazole rings is 1. The van der Waals surface area contributed by atoms with E-state index in [9.17, 15) is 36.0 Å². The lowest BCUT2D eigenvalue weighted by Crippen LogP contribution is -2.61. The van der Waals surface area contributed by atoms with Crippen LogP contribution in [0.1, 0.15) is 98.8 Å². The molecule has 2 aliphatic carbocycles. The van der Waals surface area contributed by atoms with E-state index in [1.54, 1.807) is 36.7 Å². The second-order valence-corrected chi connectivity index (χ2v) is 23.0. The zero-order valence-electron chi connectivity index (χ0n) is 39.9. The van der Waals surface area contributed by atoms with Crippen molar-refractivity contribution >= 4 is 45.2 Å². The molecule has 2 saturated heterocycles. The molecule has 4 fully saturated rings. The predicted molar refractivity (Wildman–Crippen MR) is 253 cm³/mol. The Morgan fingerprint density at radius 3 is 2.46 bits per heavy atom. The maximum absolute atomic E-state index is 15.3. The van der Waals surface area contributed by atoms with E-state index in [2.05, 4.69) is 20.3 Å². The van der Waals surface area contributed by atoms with Gasteiger partial charge in [0.1, 0.15) is 45.9 Å². The van der Waals surface area contributed by atoms with Crippen molar-refractivity contribution in [1.82, 2.24) is 30.2 Å². The highest BCUT2D eigenvalue weighted by Gasteiger charge is 2.63. The second kappa shape index (κ2) is 20.1. The quantitative estimate of drug-likeness (QED) is 0.151. The van der Waals surface area contributed by atoms with Crippen molar-refractivity contribution in [1.29, 1.82) is 0 Å². The van der Waals surface area contributed by atoms with Gasteiger partial charge >= 0.3 is 12.3 Å². The van der Waals surface area contributed by atoms with Crippen molar-refractivity contribution < 1.29 is 59.7 Å². The maximum Gasteiger partial charge on any atom is 0.430 e. The number of sulfonamides is 1. The first kappa shape index (κ1) is 51.1. The molecule has 0 radical (unpaired) electrons. The number of allylic oxidation sites excluding steroid dienone is 1. The van der Waals surface area contributed by atoms with E-state index in [1.165, 1.54) is 16.2 Å². The van der Waals surface area contributed by atoms with Crippen LogP contribution in [-0.4, -0.2) is 113 Å². The van der Waals surface area contributed by atoms with Gasteiger partial charge in [-0.15, -0.1) is 11.3 Å². The van der Waals surface area contributed by atoms with Gasteiger partial charge in [0.2, 0.25) is 27.4 Å². The van der Waals surface area contributed by atoms with Gasteiger partial charge < -0.3 is 34.5 Å². The zero-order valence-corrected chi connectivity index (χ0v) is 41.5. The van der Waals surface area contributed by atoms with Gasteiger partial charge in [0.05, 0.1) is 29.7 Å². The summed E-state index contributed by atoms with van der Waals surface area (Å²) in [7, 11) is -4.11. The highest BCUT2D eigenvalue weighted by Crippen LogP contribution is 2.48. The number of fused-ring (bicyclic) bond motifs is 2. The minimum Gasteiger partial charge on any atom is -0.491 e. The molecule has 2 aromatic heterocycles. The monoisotopic (exact) mass is 1010 g/mol. The minimum atomic E-state index is -4.98. The Morgan fingerprint density at radius 1 is 1.07 bits per heavy atom. The van der Waals surface area contributed by atoms with Crippen LogP contribution in [0, 0.1) is 17.8 Å². The largest absolute Gasteiger partial charge is 0.491 e. The summed E-state index contributed by atoms with van der Waals surface area (Å²) >= 11 is 1.36. The second-order valence-electron chi connectivity index (χ2n) is 19.9. The van der Waals surface area contributed by atoms with E-state index in [-0.39, 0.29) is 44.4 Å². The molecular weight excluding hydrogens is 954 g/mol. The molecule has 1 aromatic carbocycles. The van der Waals surface area contributed by atoms with Crippen molar-refractivity contribution in [3.05, 3.63) is 60.1 Å². The molecule has 1 unspecified atom stereocenters. The van der Waals surface area contributed by atoms with Gasteiger partial charge in [0.25, 0.3) is 5.91 Å². The molecule has 380 valence electrons. The van der Waals surface area contributed by atoms with Crippen LogP contribution in [0.3, 0.4) is 0 Å². The Balaban J connectivity index is 1.15. The van der Waals surface area contributed by atoms with Gasteiger partial charge in [-0.2, -0.15) is 13.2 Å². The number of nitrogens with one attached hydrogen (secondary N) is 3. The first-order chi connectivity index (χ1) is 33.1. The number of amides is 4. The molecule has 8 atom stereocenters. The van der Waals surface area contributed by atoms with Crippen LogP contribution in [-0.2, 0) is 33.9 Å². The lowest BCUT2D eigenvalue weighted by molar-refractivity contribution is -0.285. The molecule has 3 aliphatic heterocycles. The van der Waals surface area contributed by atoms with Crippen LogP contribution >= 0.6 is 11.3 Å². The number of hydrogen-bond acceptors (Lipinski definition) is 13. The van der Waals surface area contributed by atoms with Gasteiger partial charge in [-0.25, -0.2) is 23.2 Å². The lowest BCUT2D eigenvalue weighted by Gasteiger charge is -2.39. The Morgan fingerprint density at radius 2 is 1.81 bits per heavy atom. The standard InChI is InChI=1S/C49H61F3N6O10S2/c1-6-31-22-30(4)10-7-8-11-33-26-48(33,44(61)57-70(63,64)46(5)17-18-46)56-41(59)39-25-36(27-58(39)43(60)40(31)55-45(62)68-47(49(50,51)52)16-9-20-65-28-47)67-35-23-37(54-38(24-35)42-53-19-21-69-42)32-12-14-34(15-13-32)66-29(2)3/h8,11-15,19,21,23-24,29-31,33,36,39-40H,6-7,9-10,16-18,20,22,25-28H2,1-5H3,(H,55,62)(H,56,59)(H,57,61)/b11-8-/t30-,31+,33+,36+,39-,40-,47?,48+/m0/s1. The Labute approximate surface area is 409 Å². The zero-order chi connectivity index (χ0) is 50.2. The predicted octanol–water partition coefficient (Wildman–Crippen LogP) is 7.49.